The highest BCUT2D eigenvalue weighted by atomic mass is 127. The number of hydrogen-bond acceptors (Lipinski definition) is 5. The number of nitrogens with zero attached hydrogens (tertiary/aromatic N) is 2. The smallest absolute Gasteiger partial charge is 0.264 e. The van der Waals surface area contributed by atoms with Gasteiger partial charge in [-0.2, -0.15) is 5.10 Å². The van der Waals surface area contributed by atoms with Gasteiger partial charge in [0.15, 0.2) is 0 Å². The zero-order chi connectivity index (χ0) is 23.7. The molecule has 0 heterocycles. The van der Waals surface area contributed by atoms with E-state index < -0.39 is 22.5 Å². The fraction of sp³-hybridized carbons (Fsp3) is 0.167. The van der Waals surface area contributed by atoms with Gasteiger partial charge in [0.1, 0.15) is 12.3 Å². The van der Waals surface area contributed by atoms with Crippen LogP contribution in [0.1, 0.15) is 18.9 Å². The summed E-state index contributed by atoms with van der Waals surface area (Å²) < 4.78 is 34.1. The van der Waals surface area contributed by atoms with Gasteiger partial charge >= 0.3 is 0 Å². The Balaban J connectivity index is 1.72. The standard InChI is InChI=1S/C24H24IN3O4S/c1-2-16-32-22-14-8-19(9-15-22)17-26-27-24(29)18-28(21-12-10-20(25)11-13-21)33(30,31)23-6-4-3-5-7-23/h3-15,17H,2,16,18H2,1H3,(H,27,29)/b26-17-. The third kappa shape index (κ3) is 7.03. The Morgan fingerprint density at radius 2 is 1.70 bits per heavy atom. The molecular weight excluding hydrogens is 553 g/mol. The molecule has 0 aromatic heterocycles. The van der Waals surface area contributed by atoms with Crippen LogP contribution in [0.3, 0.4) is 0 Å². The third-order valence-electron chi connectivity index (χ3n) is 4.49. The Morgan fingerprint density at radius 3 is 2.33 bits per heavy atom. The molecule has 9 heteroatoms. The first-order chi connectivity index (χ1) is 15.9. The highest BCUT2D eigenvalue weighted by Crippen LogP contribution is 2.24. The molecule has 0 atom stereocenters. The van der Waals surface area contributed by atoms with Gasteiger partial charge in [0.2, 0.25) is 0 Å². The van der Waals surface area contributed by atoms with Gasteiger partial charge in [-0.3, -0.25) is 9.10 Å². The lowest BCUT2D eigenvalue weighted by Crippen LogP contribution is -2.39. The van der Waals surface area contributed by atoms with Gasteiger partial charge in [-0.05, 0) is 95.2 Å². The van der Waals surface area contributed by atoms with Crippen LogP contribution in [0.4, 0.5) is 5.69 Å². The van der Waals surface area contributed by atoms with Gasteiger partial charge < -0.3 is 4.74 Å². The number of rotatable bonds is 10. The van der Waals surface area contributed by atoms with E-state index in [9.17, 15) is 13.2 Å². The predicted octanol–water partition coefficient (Wildman–Crippen LogP) is 4.43. The second-order valence-electron chi connectivity index (χ2n) is 7.01. The lowest BCUT2D eigenvalue weighted by atomic mass is 10.2. The molecule has 3 rings (SSSR count). The Kier molecular flexibility index (Phi) is 8.84. The van der Waals surface area contributed by atoms with E-state index >= 15 is 0 Å². The minimum absolute atomic E-state index is 0.102. The average Bonchev–Trinajstić information content (AvgIpc) is 2.83. The van der Waals surface area contributed by atoms with Gasteiger partial charge in [0, 0.05) is 3.57 Å². The summed E-state index contributed by atoms with van der Waals surface area (Å²) in [6.07, 6.45) is 2.41. The van der Waals surface area contributed by atoms with Crippen molar-refractivity contribution in [1.29, 1.82) is 0 Å². The number of amides is 1. The molecule has 0 fully saturated rings. The van der Waals surface area contributed by atoms with Gasteiger partial charge in [0.25, 0.3) is 15.9 Å². The minimum atomic E-state index is -3.95. The number of nitrogens with one attached hydrogen (secondary N) is 1. The number of anilines is 1. The number of carbonyl (C=O) groups excluding carboxylic acids is 1. The van der Waals surface area contributed by atoms with Crippen LogP contribution in [0.25, 0.3) is 0 Å². The molecule has 0 unspecified atom stereocenters. The lowest BCUT2D eigenvalue weighted by molar-refractivity contribution is -0.119. The van der Waals surface area contributed by atoms with Crippen molar-refractivity contribution in [2.24, 2.45) is 5.10 Å². The molecule has 1 amide bonds. The number of benzene rings is 3. The molecular formula is C24H24IN3O4S. The normalized spacial score (nSPS) is 11.3. The van der Waals surface area contributed by atoms with Crippen LogP contribution >= 0.6 is 22.6 Å². The molecule has 0 bridgehead atoms. The van der Waals surface area contributed by atoms with Crippen molar-refractivity contribution in [3.8, 4) is 5.75 Å². The van der Waals surface area contributed by atoms with Gasteiger partial charge in [0.05, 0.1) is 23.4 Å². The molecule has 7 nitrogen and oxygen atoms in total. The second kappa shape index (κ2) is 11.8. The van der Waals surface area contributed by atoms with Crippen molar-refractivity contribution in [2.45, 2.75) is 18.2 Å². The van der Waals surface area contributed by atoms with E-state index in [1.54, 1.807) is 42.5 Å². The molecule has 172 valence electrons. The summed E-state index contributed by atoms with van der Waals surface area (Å²) in [6.45, 7) is 2.26. The first-order valence-electron chi connectivity index (χ1n) is 10.3. The van der Waals surface area contributed by atoms with Crippen LogP contribution in [0.5, 0.6) is 5.75 Å². The van der Waals surface area contributed by atoms with Crippen LogP contribution in [0, 0.1) is 3.57 Å². The maximum atomic E-state index is 13.2. The van der Waals surface area contributed by atoms with Crippen molar-refractivity contribution in [2.75, 3.05) is 17.5 Å². The SMILES string of the molecule is CCCOc1ccc(/C=N\NC(=O)CN(c2ccc(I)cc2)S(=O)(=O)c2ccccc2)cc1. The number of hydrogen-bond donors (Lipinski definition) is 1. The number of sulfonamides is 1. The lowest BCUT2D eigenvalue weighted by Gasteiger charge is -2.23. The number of ether oxygens (including phenoxy) is 1. The quantitative estimate of drug-likeness (QED) is 0.220. The monoisotopic (exact) mass is 577 g/mol. The molecule has 0 saturated heterocycles. The molecule has 0 aliphatic carbocycles. The van der Waals surface area contributed by atoms with Crippen molar-refractivity contribution in [3.05, 3.63) is 88.0 Å². The van der Waals surface area contributed by atoms with E-state index in [-0.39, 0.29) is 4.90 Å². The number of halogens is 1. The van der Waals surface area contributed by atoms with E-state index in [2.05, 4.69) is 33.1 Å². The van der Waals surface area contributed by atoms with E-state index in [0.29, 0.717) is 12.3 Å². The highest BCUT2D eigenvalue weighted by Gasteiger charge is 2.27. The van der Waals surface area contributed by atoms with Gasteiger partial charge in [-0.25, -0.2) is 13.8 Å². The number of hydrazone groups is 1. The third-order valence-corrected chi connectivity index (χ3v) is 7.00. The summed E-state index contributed by atoms with van der Waals surface area (Å²) in [5, 5.41) is 3.96. The summed E-state index contributed by atoms with van der Waals surface area (Å²) in [5.41, 5.74) is 3.57. The van der Waals surface area contributed by atoms with E-state index in [4.69, 9.17) is 4.74 Å². The van der Waals surface area contributed by atoms with Crippen molar-refractivity contribution in [1.82, 2.24) is 5.43 Å². The van der Waals surface area contributed by atoms with Gasteiger partial charge in [-0.1, -0.05) is 25.1 Å². The molecule has 0 aliphatic rings. The second-order valence-corrected chi connectivity index (χ2v) is 10.1. The zero-order valence-corrected chi connectivity index (χ0v) is 21.0. The molecule has 0 saturated carbocycles. The zero-order valence-electron chi connectivity index (χ0n) is 18.0. The minimum Gasteiger partial charge on any atom is -0.494 e. The maximum Gasteiger partial charge on any atom is 0.264 e. The van der Waals surface area contributed by atoms with E-state index in [0.717, 1.165) is 25.6 Å². The first-order valence-corrected chi connectivity index (χ1v) is 12.8. The fourth-order valence-corrected chi connectivity index (χ4v) is 4.66. The molecule has 1 N–H and O–H groups in total. The maximum absolute atomic E-state index is 13.2. The summed E-state index contributed by atoms with van der Waals surface area (Å²) in [6, 6.07) is 22.2. The van der Waals surface area contributed by atoms with Crippen LogP contribution in [0.15, 0.2) is 88.9 Å². The fourth-order valence-electron chi connectivity index (χ4n) is 2.86. The number of carbonyl (C=O) groups is 1. The van der Waals surface area contributed by atoms with Crippen LogP contribution < -0.4 is 14.5 Å². The highest BCUT2D eigenvalue weighted by molar-refractivity contribution is 14.1. The molecule has 3 aromatic carbocycles. The Morgan fingerprint density at radius 1 is 1.03 bits per heavy atom. The summed E-state index contributed by atoms with van der Waals surface area (Å²) >= 11 is 2.14. The molecule has 3 aromatic rings. The Hall–Kier alpha value is -2.92. The van der Waals surface area contributed by atoms with Crippen LogP contribution in [-0.4, -0.2) is 33.7 Å². The first kappa shape index (κ1) is 24.7. The van der Waals surface area contributed by atoms with Crippen molar-refractivity contribution >= 4 is 50.4 Å². The van der Waals surface area contributed by atoms with E-state index in [1.165, 1.54) is 18.3 Å². The topological polar surface area (TPSA) is 88.1 Å². The predicted molar refractivity (Wildman–Crippen MR) is 138 cm³/mol. The summed E-state index contributed by atoms with van der Waals surface area (Å²) in [7, 11) is -3.95. The van der Waals surface area contributed by atoms with Crippen molar-refractivity contribution in [3.63, 3.8) is 0 Å². The molecule has 0 spiro atoms. The van der Waals surface area contributed by atoms with E-state index in [1.807, 2.05) is 31.2 Å². The van der Waals surface area contributed by atoms with Crippen LogP contribution in [0.2, 0.25) is 0 Å². The summed E-state index contributed by atoms with van der Waals surface area (Å²) in [5.74, 6) is 0.199. The molecule has 0 radical (unpaired) electrons. The molecule has 33 heavy (non-hydrogen) atoms. The molecule has 0 aliphatic heterocycles. The largest absolute Gasteiger partial charge is 0.494 e. The average molecular weight is 577 g/mol. The van der Waals surface area contributed by atoms with Crippen LogP contribution in [-0.2, 0) is 14.8 Å². The van der Waals surface area contributed by atoms with Crippen molar-refractivity contribution < 1.29 is 17.9 Å². The Labute approximate surface area is 207 Å². The summed E-state index contributed by atoms with van der Waals surface area (Å²) in [4.78, 5) is 12.7. The van der Waals surface area contributed by atoms with Gasteiger partial charge in [-0.15, -0.1) is 0 Å². The Bertz CT molecular complexity index is 1180.